The molecular weight excluding hydrogens is 220 g/mol. The van der Waals surface area contributed by atoms with Crippen molar-refractivity contribution in [3.05, 3.63) is 0 Å². The van der Waals surface area contributed by atoms with Crippen molar-refractivity contribution in [1.82, 2.24) is 0 Å². The molecule has 0 bridgehead atoms. The first-order valence-electron chi connectivity index (χ1n) is 4.51. The van der Waals surface area contributed by atoms with Gasteiger partial charge in [0.2, 0.25) is 0 Å². The summed E-state index contributed by atoms with van der Waals surface area (Å²) >= 11 is 0. The van der Waals surface area contributed by atoms with Gasteiger partial charge < -0.3 is 17.7 Å². The monoisotopic (exact) mass is 238 g/mol. The molecule has 1 heterocycles. The molecule has 4 nitrogen and oxygen atoms in total. The molecule has 1 fully saturated rings. The number of hydrogen-bond donors (Lipinski definition) is 0. The highest BCUT2D eigenvalue weighted by molar-refractivity contribution is 6.52. The fraction of sp³-hybridized carbons (Fsp3) is 1.00. The number of methoxy groups -OCH3 is 1. The highest BCUT2D eigenvalue weighted by Gasteiger charge is 2.33. The first-order valence-corrected chi connectivity index (χ1v) is 7.91. The third-order valence-electron chi connectivity index (χ3n) is 2.29. The summed E-state index contributed by atoms with van der Waals surface area (Å²) < 4.78 is 21.3. The van der Waals surface area contributed by atoms with Gasteiger partial charge in [-0.15, -0.1) is 0 Å². The maximum Gasteiger partial charge on any atom is 0.299 e. The summed E-state index contributed by atoms with van der Waals surface area (Å²) in [6.45, 7) is 0.855. The SMILES string of the molecule is COC(CC[SiH](O[SiH3])O[SiH3])C1CO1. The summed E-state index contributed by atoms with van der Waals surface area (Å²) in [5, 5.41) is 0. The topological polar surface area (TPSA) is 40.2 Å². The van der Waals surface area contributed by atoms with Gasteiger partial charge in [0.05, 0.1) is 12.7 Å². The Morgan fingerprint density at radius 3 is 2.54 bits per heavy atom. The first kappa shape index (κ1) is 11.6. The Morgan fingerprint density at radius 1 is 1.54 bits per heavy atom. The van der Waals surface area contributed by atoms with Crippen LogP contribution in [0.25, 0.3) is 0 Å². The number of epoxide rings is 1. The van der Waals surface area contributed by atoms with E-state index in [2.05, 4.69) is 0 Å². The summed E-state index contributed by atoms with van der Waals surface area (Å²) in [6, 6.07) is 1.05. The van der Waals surface area contributed by atoms with Gasteiger partial charge in [-0.25, -0.2) is 0 Å². The van der Waals surface area contributed by atoms with Crippen LogP contribution in [0, 0.1) is 0 Å². The molecule has 78 valence electrons. The minimum atomic E-state index is -1.29. The second-order valence-corrected chi connectivity index (χ2v) is 8.33. The van der Waals surface area contributed by atoms with Gasteiger partial charge in [0.15, 0.2) is 0 Å². The van der Waals surface area contributed by atoms with Gasteiger partial charge >= 0.3 is 0 Å². The lowest BCUT2D eigenvalue weighted by molar-refractivity contribution is 0.0723. The summed E-state index contributed by atoms with van der Waals surface area (Å²) in [5.41, 5.74) is 0. The van der Waals surface area contributed by atoms with E-state index in [1.54, 1.807) is 7.11 Å². The van der Waals surface area contributed by atoms with Crippen molar-refractivity contribution in [2.45, 2.75) is 24.7 Å². The molecule has 0 saturated carbocycles. The minimum Gasteiger partial charge on any atom is -0.447 e. The van der Waals surface area contributed by atoms with Gasteiger partial charge in [-0.2, -0.15) is 0 Å². The maximum absolute atomic E-state index is 5.39. The summed E-state index contributed by atoms with van der Waals surface area (Å²) in [6.07, 6.45) is 1.61. The van der Waals surface area contributed by atoms with Crippen LogP contribution in [0.5, 0.6) is 0 Å². The molecule has 0 amide bonds. The molecule has 2 atom stereocenters. The average molecular weight is 238 g/mol. The van der Waals surface area contributed by atoms with Gasteiger partial charge in [-0.1, -0.05) is 0 Å². The number of ether oxygens (including phenoxy) is 2. The van der Waals surface area contributed by atoms with Gasteiger partial charge in [0.25, 0.3) is 9.28 Å². The standard InChI is InChI=1S/C6H18O4Si3/c1-7-5(6-4-8-6)2-3-13(9-11)10-12/h5-6,13H,2-4H2,1,11-12H3. The predicted molar refractivity (Wildman–Crippen MR) is 59.2 cm³/mol. The first-order chi connectivity index (χ1) is 6.31. The predicted octanol–water partition coefficient (Wildman–Crippen LogP) is -2.40. The van der Waals surface area contributed by atoms with Crippen molar-refractivity contribution in [2.24, 2.45) is 0 Å². The van der Waals surface area contributed by atoms with E-state index in [9.17, 15) is 0 Å². The fourth-order valence-corrected chi connectivity index (χ4v) is 6.35. The van der Waals surface area contributed by atoms with Crippen molar-refractivity contribution in [3.8, 4) is 0 Å². The molecular formula is C6H18O4Si3. The number of rotatable bonds is 7. The molecule has 0 aromatic carbocycles. The molecule has 2 unspecified atom stereocenters. The van der Waals surface area contributed by atoms with Gasteiger partial charge in [-0.3, -0.25) is 0 Å². The van der Waals surface area contributed by atoms with Gasteiger partial charge in [-0.05, 0) is 12.5 Å². The second kappa shape index (κ2) is 6.06. The van der Waals surface area contributed by atoms with E-state index >= 15 is 0 Å². The van der Waals surface area contributed by atoms with Crippen LogP contribution in [0.2, 0.25) is 6.04 Å². The lowest BCUT2D eigenvalue weighted by atomic mass is 10.2. The lowest BCUT2D eigenvalue weighted by Gasteiger charge is -2.16. The van der Waals surface area contributed by atoms with Crippen LogP contribution in [0.4, 0.5) is 0 Å². The Kier molecular flexibility index (Phi) is 5.40. The van der Waals surface area contributed by atoms with E-state index in [4.69, 9.17) is 17.7 Å². The van der Waals surface area contributed by atoms with Crippen molar-refractivity contribution in [3.63, 3.8) is 0 Å². The zero-order valence-corrected chi connectivity index (χ0v) is 13.6. The third kappa shape index (κ3) is 4.02. The molecule has 1 rings (SSSR count). The summed E-state index contributed by atoms with van der Waals surface area (Å²) in [7, 11) is 2.04. The Bertz CT molecular complexity index is 140. The Hall–Kier alpha value is 0.491. The Morgan fingerprint density at radius 2 is 2.15 bits per heavy atom. The molecule has 1 aliphatic heterocycles. The smallest absolute Gasteiger partial charge is 0.299 e. The molecule has 0 aromatic rings. The van der Waals surface area contributed by atoms with E-state index in [1.807, 2.05) is 0 Å². The maximum atomic E-state index is 5.39. The van der Waals surface area contributed by atoms with E-state index in [-0.39, 0.29) is 6.10 Å². The van der Waals surface area contributed by atoms with Crippen molar-refractivity contribution in [2.75, 3.05) is 13.7 Å². The van der Waals surface area contributed by atoms with Crippen LogP contribution in [0.1, 0.15) is 6.42 Å². The van der Waals surface area contributed by atoms with Gasteiger partial charge in [0, 0.05) is 7.11 Å². The van der Waals surface area contributed by atoms with Crippen LogP contribution < -0.4 is 0 Å². The average Bonchev–Trinajstić information content (AvgIpc) is 2.96. The summed E-state index contributed by atoms with van der Waals surface area (Å²) in [5.74, 6) is 0. The van der Waals surface area contributed by atoms with Crippen molar-refractivity contribution >= 4 is 30.3 Å². The normalized spacial score (nSPS) is 26.1. The van der Waals surface area contributed by atoms with Crippen LogP contribution in [-0.2, 0) is 17.7 Å². The van der Waals surface area contributed by atoms with E-state index in [1.165, 1.54) is 0 Å². The van der Waals surface area contributed by atoms with E-state index in [0.29, 0.717) is 6.10 Å². The third-order valence-corrected chi connectivity index (χ3v) is 7.30. The molecule has 0 N–H and O–H groups in total. The quantitative estimate of drug-likeness (QED) is 0.366. The van der Waals surface area contributed by atoms with Gasteiger partial charge in [0.1, 0.15) is 27.1 Å². The summed E-state index contributed by atoms with van der Waals surface area (Å²) in [4.78, 5) is 0. The van der Waals surface area contributed by atoms with Crippen molar-refractivity contribution in [1.29, 1.82) is 0 Å². The van der Waals surface area contributed by atoms with E-state index < -0.39 is 9.28 Å². The van der Waals surface area contributed by atoms with E-state index in [0.717, 1.165) is 40.0 Å². The molecule has 0 spiro atoms. The molecule has 1 saturated heterocycles. The Labute approximate surface area is 86.8 Å². The van der Waals surface area contributed by atoms with Crippen LogP contribution in [0.15, 0.2) is 0 Å². The molecule has 0 aliphatic carbocycles. The highest BCUT2D eigenvalue weighted by Crippen LogP contribution is 2.21. The molecule has 0 radical (unpaired) electrons. The fourth-order valence-electron chi connectivity index (χ4n) is 1.36. The highest BCUT2D eigenvalue weighted by atomic mass is 28.4. The molecule has 0 aromatic heterocycles. The minimum absolute atomic E-state index is 0.253. The van der Waals surface area contributed by atoms with Crippen molar-refractivity contribution < 1.29 is 17.7 Å². The Balaban J connectivity index is 2.14. The molecule has 1 aliphatic rings. The number of hydrogen-bond acceptors (Lipinski definition) is 4. The van der Waals surface area contributed by atoms with Crippen LogP contribution >= 0.6 is 0 Å². The van der Waals surface area contributed by atoms with Crippen LogP contribution in [0.3, 0.4) is 0 Å². The lowest BCUT2D eigenvalue weighted by Crippen LogP contribution is -2.25. The van der Waals surface area contributed by atoms with Crippen LogP contribution in [-0.4, -0.2) is 56.2 Å². The second-order valence-electron chi connectivity index (χ2n) is 3.12. The zero-order valence-electron chi connectivity index (χ0n) is 8.49. The molecule has 13 heavy (non-hydrogen) atoms. The largest absolute Gasteiger partial charge is 0.447 e. The zero-order chi connectivity index (χ0) is 9.68. The molecule has 7 heteroatoms.